The number of ether oxygens (including phenoxy) is 1. The number of halogens is 1. The average Bonchev–Trinajstić information content (AvgIpc) is 2.30. The number of rotatable bonds is 2. The van der Waals surface area contributed by atoms with Crippen LogP contribution in [0.4, 0.5) is 5.69 Å². The van der Waals surface area contributed by atoms with Crippen molar-refractivity contribution in [2.75, 3.05) is 5.32 Å². The van der Waals surface area contributed by atoms with Gasteiger partial charge in [-0.25, -0.2) is 0 Å². The van der Waals surface area contributed by atoms with Crippen LogP contribution in [0.2, 0.25) is 0 Å². The van der Waals surface area contributed by atoms with Gasteiger partial charge in [-0.1, -0.05) is 19.9 Å². The van der Waals surface area contributed by atoms with Crippen molar-refractivity contribution < 1.29 is 9.53 Å². The lowest BCUT2D eigenvalue weighted by Crippen LogP contribution is -2.50. The number of hydrogen-bond acceptors (Lipinski definition) is 2. The third-order valence-corrected chi connectivity index (χ3v) is 3.74. The van der Waals surface area contributed by atoms with Crippen LogP contribution in [0.5, 0.6) is 5.75 Å². The summed E-state index contributed by atoms with van der Waals surface area (Å²) in [5, 5.41) is 2.91. The molecule has 16 heavy (non-hydrogen) atoms. The highest BCUT2D eigenvalue weighted by molar-refractivity contribution is 9.10. The fourth-order valence-electron chi connectivity index (χ4n) is 1.91. The van der Waals surface area contributed by atoms with E-state index >= 15 is 0 Å². The Labute approximate surface area is 103 Å². The van der Waals surface area contributed by atoms with Gasteiger partial charge in [0.05, 0.1) is 5.69 Å². The lowest BCUT2D eigenvalue weighted by atomic mass is 9.94. The molecule has 0 aliphatic carbocycles. The standard InChI is InChI=1S/C12H14BrNO2/c1-3-12(4-2)11(15)14-10-8(13)6-5-7-9(10)16-12/h5-7H,3-4H2,1-2H3,(H,14,15). The summed E-state index contributed by atoms with van der Waals surface area (Å²) in [6, 6.07) is 5.66. The summed E-state index contributed by atoms with van der Waals surface area (Å²) in [4.78, 5) is 12.0. The van der Waals surface area contributed by atoms with E-state index in [-0.39, 0.29) is 5.91 Å². The van der Waals surface area contributed by atoms with Crippen LogP contribution in [0, 0.1) is 0 Å². The number of benzene rings is 1. The lowest BCUT2D eigenvalue weighted by molar-refractivity contribution is -0.133. The van der Waals surface area contributed by atoms with Crippen molar-refractivity contribution in [3.63, 3.8) is 0 Å². The molecule has 0 radical (unpaired) electrons. The van der Waals surface area contributed by atoms with Crippen molar-refractivity contribution in [3.05, 3.63) is 22.7 Å². The molecule has 1 aliphatic rings. The maximum Gasteiger partial charge on any atom is 0.268 e. The zero-order chi connectivity index (χ0) is 11.8. The van der Waals surface area contributed by atoms with Gasteiger partial charge in [-0.2, -0.15) is 0 Å². The average molecular weight is 284 g/mol. The monoisotopic (exact) mass is 283 g/mol. The summed E-state index contributed by atoms with van der Waals surface area (Å²) in [5.41, 5.74) is 0.0124. The summed E-state index contributed by atoms with van der Waals surface area (Å²) in [5.74, 6) is 0.676. The quantitative estimate of drug-likeness (QED) is 0.904. The number of amides is 1. The van der Waals surface area contributed by atoms with Crippen LogP contribution in [-0.4, -0.2) is 11.5 Å². The van der Waals surface area contributed by atoms with Crippen molar-refractivity contribution in [2.45, 2.75) is 32.3 Å². The van der Waals surface area contributed by atoms with Crippen LogP contribution in [0.1, 0.15) is 26.7 Å². The van der Waals surface area contributed by atoms with Gasteiger partial charge in [-0.3, -0.25) is 4.79 Å². The third kappa shape index (κ3) is 1.61. The first kappa shape index (κ1) is 11.5. The molecule has 1 aromatic carbocycles. The lowest BCUT2D eigenvalue weighted by Gasteiger charge is -2.36. The van der Waals surface area contributed by atoms with Crippen LogP contribution in [-0.2, 0) is 4.79 Å². The minimum atomic E-state index is -0.714. The van der Waals surface area contributed by atoms with E-state index < -0.39 is 5.60 Å². The first-order valence-corrected chi connectivity index (χ1v) is 6.21. The van der Waals surface area contributed by atoms with Gasteiger partial charge in [0.25, 0.3) is 5.91 Å². The van der Waals surface area contributed by atoms with Gasteiger partial charge in [0, 0.05) is 4.47 Å². The number of nitrogens with one attached hydrogen (secondary N) is 1. The Bertz CT molecular complexity index is 427. The molecule has 0 saturated heterocycles. The van der Waals surface area contributed by atoms with Gasteiger partial charge >= 0.3 is 0 Å². The molecule has 0 bridgehead atoms. The van der Waals surface area contributed by atoms with Gasteiger partial charge < -0.3 is 10.1 Å². The third-order valence-electron chi connectivity index (χ3n) is 3.08. The van der Waals surface area contributed by atoms with Crippen LogP contribution in [0.15, 0.2) is 22.7 Å². The number of para-hydroxylation sites is 1. The maximum atomic E-state index is 12.0. The topological polar surface area (TPSA) is 38.3 Å². The summed E-state index contributed by atoms with van der Waals surface area (Å²) in [7, 11) is 0. The Hall–Kier alpha value is -1.03. The van der Waals surface area contributed by atoms with E-state index in [1.807, 2.05) is 32.0 Å². The predicted octanol–water partition coefficient (Wildman–Crippen LogP) is 3.34. The zero-order valence-corrected chi connectivity index (χ0v) is 10.9. The zero-order valence-electron chi connectivity index (χ0n) is 9.34. The van der Waals surface area contributed by atoms with Crippen molar-refractivity contribution in [1.82, 2.24) is 0 Å². The van der Waals surface area contributed by atoms with Crippen LogP contribution in [0.25, 0.3) is 0 Å². The number of hydrogen-bond donors (Lipinski definition) is 1. The fraction of sp³-hybridized carbons (Fsp3) is 0.417. The van der Waals surface area contributed by atoms with E-state index in [1.165, 1.54) is 0 Å². The Balaban J connectivity index is 2.46. The van der Waals surface area contributed by atoms with Gasteiger partial charge in [0.1, 0.15) is 5.75 Å². The summed E-state index contributed by atoms with van der Waals surface area (Å²) >= 11 is 3.40. The molecule has 0 aromatic heterocycles. The molecule has 86 valence electrons. The normalized spacial score (nSPS) is 17.3. The van der Waals surface area contributed by atoms with Crippen molar-refractivity contribution in [1.29, 1.82) is 0 Å². The number of carbonyl (C=O) groups is 1. The Morgan fingerprint density at radius 3 is 2.69 bits per heavy atom. The van der Waals surface area contributed by atoms with Crippen LogP contribution < -0.4 is 10.1 Å². The molecule has 1 aromatic rings. The number of anilines is 1. The molecular formula is C12H14BrNO2. The molecule has 0 spiro atoms. The van der Waals surface area contributed by atoms with Crippen LogP contribution >= 0.6 is 15.9 Å². The highest BCUT2D eigenvalue weighted by Gasteiger charge is 2.41. The van der Waals surface area contributed by atoms with E-state index in [0.717, 1.165) is 15.9 Å². The maximum absolute atomic E-state index is 12.0. The summed E-state index contributed by atoms with van der Waals surface area (Å²) in [6.07, 6.45) is 1.34. The molecule has 1 N–H and O–H groups in total. The molecule has 0 fully saturated rings. The van der Waals surface area contributed by atoms with Crippen LogP contribution in [0.3, 0.4) is 0 Å². The highest BCUT2D eigenvalue weighted by atomic mass is 79.9. The van der Waals surface area contributed by atoms with E-state index in [4.69, 9.17) is 4.74 Å². The van der Waals surface area contributed by atoms with Gasteiger partial charge in [-0.05, 0) is 40.9 Å². The second-order valence-electron chi connectivity index (χ2n) is 3.87. The first-order chi connectivity index (χ1) is 7.63. The predicted molar refractivity (Wildman–Crippen MR) is 66.7 cm³/mol. The number of fused-ring (bicyclic) bond motifs is 1. The highest BCUT2D eigenvalue weighted by Crippen LogP contribution is 2.40. The largest absolute Gasteiger partial charge is 0.475 e. The second-order valence-corrected chi connectivity index (χ2v) is 4.72. The van der Waals surface area contributed by atoms with Crippen molar-refractivity contribution >= 4 is 27.5 Å². The van der Waals surface area contributed by atoms with E-state index in [2.05, 4.69) is 21.2 Å². The molecule has 0 atom stereocenters. The Kier molecular flexibility index (Phi) is 2.93. The fourth-order valence-corrected chi connectivity index (χ4v) is 2.36. The molecule has 1 amide bonds. The molecule has 4 heteroatoms. The van der Waals surface area contributed by atoms with Gasteiger partial charge in [0.2, 0.25) is 0 Å². The van der Waals surface area contributed by atoms with Crippen molar-refractivity contribution in [2.24, 2.45) is 0 Å². The molecule has 0 saturated carbocycles. The SMILES string of the molecule is CCC1(CC)Oc2cccc(Br)c2NC1=O. The van der Waals surface area contributed by atoms with Crippen molar-refractivity contribution in [3.8, 4) is 5.75 Å². The molecule has 1 heterocycles. The number of carbonyl (C=O) groups excluding carboxylic acids is 1. The molecule has 1 aliphatic heterocycles. The molecule has 3 nitrogen and oxygen atoms in total. The smallest absolute Gasteiger partial charge is 0.268 e. The molecule has 2 rings (SSSR count). The van der Waals surface area contributed by atoms with E-state index in [1.54, 1.807) is 0 Å². The van der Waals surface area contributed by atoms with Gasteiger partial charge in [-0.15, -0.1) is 0 Å². The first-order valence-electron chi connectivity index (χ1n) is 5.42. The Morgan fingerprint density at radius 1 is 1.38 bits per heavy atom. The van der Waals surface area contributed by atoms with E-state index in [9.17, 15) is 4.79 Å². The summed E-state index contributed by atoms with van der Waals surface area (Å²) in [6.45, 7) is 3.93. The molecule has 0 unspecified atom stereocenters. The minimum Gasteiger partial charge on any atom is -0.475 e. The summed E-state index contributed by atoms with van der Waals surface area (Å²) < 4.78 is 6.72. The molecular weight excluding hydrogens is 270 g/mol. The minimum absolute atomic E-state index is 0.0584. The van der Waals surface area contributed by atoms with Gasteiger partial charge in [0.15, 0.2) is 5.60 Å². The van der Waals surface area contributed by atoms with E-state index in [0.29, 0.717) is 12.8 Å². The second kappa shape index (κ2) is 4.09. The Morgan fingerprint density at radius 2 is 2.06 bits per heavy atom.